The maximum Gasteiger partial charge on any atom is 0.111 e. The molecule has 2 saturated carbocycles. The minimum absolute atomic E-state index is 0.140. The molecule has 0 heterocycles. The molecule has 0 atom stereocenters. The van der Waals surface area contributed by atoms with Gasteiger partial charge in [0.25, 0.3) is 0 Å². The molecule has 0 radical (unpaired) electrons. The van der Waals surface area contributed by atoms with Gasteiger partial charge in [0.15, 0.2) is 0 Å². The summed E-state index contributed by atoms with van der Waals surface area (Å²) in [6.07, 6.45) is -11.6. The van der Waals surface area contributed by atoms with Gasteiger partial charge in [0.05, 0.1) is 18.3 Å². The molecule has 2 fully saturated rings. The van der Waals surface area contributed by atoms with Crippen LogP contribution >= 0.6 is 0 Å². The Morgan fingerprint density at radius 2 is 0.417 bits per heavy atom. The number of hydrogen-bond acceptors (Lipinski definition) is 9. The smallest absolute Gasteiger partial charge is 0.111 e. The monoisotopic (exact) mass is 354 g/mol. The van der Waals surface area contributed by atoms with Crippen molar-refractivity contribution in [1.82, 2.24) is 0 Å². The van der Waals surface area contributed by atoms with Gasteiger partial charge in [-0.25, -0.2) is 0 Å². The Labute approximate surface area is 140 Å². The fraction of sp³-hybridized carbons (Fsp3) is 1.00. The number of hydrogen-bond donors (Lipinski definition) is 9. The summed E-state index contributed by atoms with van der Waals surface area (Å²) in [5, 5.41) is 82.6. The summed E-state index contributed by atoms with van der Waals surface area (Å²) in [5.41, 5.74) is 0. The normalized spacial score (nSPS) is 55.5. The highest BCUT2D eigenvalue weighted by Crippen LogP contribution is 2.33. The van der Waals surface area contributed by atoms with E-state index in [9.17, 15) is 15.3 Å². The lowest BCUT2D eigenvalue weighted by atomic mass is 9.71. The zero-order valence-electron chi connectivity index (χ0n) is 14.0. The first-order chi connectivity index (χ1) is 10.9. The molecular weight excluding hydrogens is 324 g/mol. The van der Waals surface area contributed by atoms with Crippen molar-refractivity contribution in [1.29, 1.82) is 0 Å². The number of aliphatic hydroxyl groups excluding tert-OH is 9. The largest absolute Gasteiger partial charge is 0.392 e. The molecule has 0 aromatic heterocycles. The molecule has 0 spiro atoms. The van der Waals surface area contributed by atoms with Crippen molar-refractivity contribution >= 4 is 0 Å². The third-order valence-corrected chi connectivity index (χ3v) is 5.33. The van der Waals surface area contributed by atoms with Crippen molar-refractivity contribution in [2.45, 2.75) is 75.7 Å². The number of aliphatic hydroxyl groups is 9. The first kappa shape index (κ1) is 21.7. The zero-order valence-corrected chi connectivity index (χ0v) is 14.0. The minimum Gasteiger partial charge on any atom is -0.392 e. The van der Waals surface area contributed by atoms with Gasteiger partial charge in [-0.1, -0.05) is 20.8 Å². The molecule has 0 aromatic carbocycles. The second-order valence-electron chi connectivity index (χ2n) is 6.99. The van der Waals surface area contributed by atoms with Crippen LogP contribution in [0.25, 0.3) is 0 Å². The van der Waals surface area contributed by atoms with Gasteiger partial charge in [-0.05, 0) is 0 Å². The Morgan fingerprint density at radius 3 is 0.542 bits per heavy atom. The molecule has 0 unspecified atom stereocenters. The van der Waals surface area contributed by atoms with Crippen LogP contribution in [-0.4, -0.2) is 101 Å². The topological polar surface area (TPSA) is 182 Å². The quantitative estimate of drug-likeness (QED) is 0.210. The third kappa shape index (κ3) is 4.06. The molecule has 9 N–H and O–H groups in total. The molecule has 2 rings (SSSR count). The SMILES string of the molecule is CC1C(O)C(C)C(O)C(C)C1O.OC1C(O)C(O)C(O)C(O)C1O. The van der Waals surface area contributed by atoms with E-state index in [2.05, 4.69) is 0 Å². The van der Waals surface area contributed by atoms with E-state index in [4.69, 9.17) is 30.6 Å². The van der Waals surface area contributed by atoms with E-state index in [0.29, 0.717) is 0 Å². The maximum atomic E-state index is 9.58. The summed E-state index contributed by atoms with van der Waals surface area (Å²) >= 11 is 0. The van der Waals surface area contributed by atoms with Crippen LogP contribution in [0.2, 0.25) is 0 Å². The van der Waals surface area contributed by atoms with E-state index in [-0.39, 0.29) is 17.8 Å². The van der Waals surface area contributed by atoms with Crippen LogP contribution in [-0.2, 0) is 0 Å². The summed E-state index contributed by atoms with van der Waals surface area (Å²) < 4.78 is 0. The third-order valence-electron chi connectivity index (χ3n) is 5.33. The van der Waals surface area contributed by atoms with Gasteiger partial charge in [-0.2, -0.15) is 0 Å². The highest BCUT2D eigenvalue weighted by molar-refractivity contribution is 4.98. The summed E-state index contributed by atoms with van der Waals surface area (Å²) in [6.45, 7) is 5.44. The summed E-state index contributed by atoms with van der Waals surface area (Å²) in [4.78, 5) is 0. The standard InChI is InChI=1S/C9H18O3.C6H12O6/c1-4-7(10)5(2)9(12)6(3)8(4)11;7-1-2(8)4(10)6(12)5(11)3(1)9/h4-12H,1-3H3;1-12H. The van der Waals surface area contributed by atoms with Crippen molar-refractivity contribution in [2.24, 2.45) is 17.8 Å². The molecule has 0 bridgehead atoms. The molecule has 9 nitrogen and oxygen atoms in total. The van der Waals surface area contributed by atoms with Crippen LogP contribution in [0.3, 0.4) is 0 Å². The second kappa shape index (κ2) is 8.35. The lowest BCUT2D eigenvalue weighted by molar-refractivity contribution is -0.223. The van der Waals surface area contributed by atoms with Gasteiger partial charge in [0.2, 0.25) is 0 Å². The summed E-state index contributed by atoms with van der Waals surface area (Å²) in [5.74, 6) is -0.421. The van der Waals surface area contributed by atoms with Gasteiger partial charge in [0, 0.05) is 17.8 Å². The van der Waals surface area contributed by atoms with E-state index >= 15 is 0 Å². The van der Waals surface area contributed by atoms with Crippen LogP contribution in [0, 0.1) is 17.8 Å². The molecule has 0 aromatic rings. The van der Waals surface area contributed by atoms with E-state index < -0.39 is 54.9 Å². The Morgan fingerprint density at radius 1 is 0.292 bits per heavy atom. The molecule has 2 aliphatic rings. The van der Waals surface area contributed by atoms with Crippen LogP contribution in [0.1, 0.15) is 20.8 Å². The first-order valence-electron chi connectivity index (χ1n) is 8.06. The molecule has 2 aliphatic carbocycles. The van der Waals surface area contributed by atoms with Crippen molar-refractivity contribution in [2.75, 3.05) is 0 Å². The van der Waals surface area contributed by atoms with Gasteiger partial charge in [0.1, 0.15) is 36.6 Å². The average molecular weight is 354 g/mol. The second-order valence-corrected chi connectivity index (χ2v) is 6.99. The van der Waals surface area contributed by atoms with E-state index in [1.54, 1.807) is 0 Å². The molecule has 0 saturated heterocycles. The van der Waals surface area contributed by atoms with Gasteiger partial charge in [-0.15, -0.1) is 0 Å². The maximum absolute atomic E-state index is 9.58. The molecule has 24 heavy (non-hydrogen) atoms. The van der Waals surface area contributed by atoms with E-state index in [1.807, 2.05) is 20.8 Å². The zero-order chi connectivity index (χ0) is 18.9. The Balaban J connectivity index is 0.000000240. The van der Waals surface area contributed by atoms with Gasteiger partial charge in [-0.3, -0.25) is 0 Å². The predicted molar refractivity (Wildman–Crippen MR) is 81.6 cm³/mol. The highest BCUT2D eigenvalue weighted by Gasteiger charge is 2.47. The van der Waals surface area contributed by atoms with Crippen molar-refractivity contribution in [3.8, 4) is 0 Å². The first-order valence-corrected chi connectivity index (χ1v) is 8.06. The lowest BCUT2D eigenvalue weighted by Gasteiger charge is -2.42. The van der Waals surface area contributed by atoms with Gasteiger partial charge >= 0.3 is 0 Å². The van der Waals surface area contributed by atoms with E-state index in [0.717, 1.165) is 0 Å². The molecule has 0 aliphatic heterocycles. The highest BCUT2D eigenvalue weighted by atomic mass is 16.4. The molecular formula is C15H30O9. The van der Waals surface area contributed by atoms with Crippen molar-refractivity contribution < 1.29 is 46.0 Å². The fourth-order valence-electron chi connectivity index (χ4n) is 3.25. The molecule has 9 heteroatoms. The minimum atomic E-state index is -1.64. The summed E-state index contributed by atoms with van der Waals surface area (Å²) in [7, 11) is 0. The van der Waals surface area contributed by atoms with Crippen molar-refractivity contribution in [3.05, 3.63) is 0 Å². The van der Waals surface area contributed by atoms with Crippen molar-refractivity contribution in [3.63, 3.8) is 0 Å². The number of rotatable bonds is 0. The van der Waals surface area contributed by atoms with Gasteiger partial charge < -0.3 is 46.0 Å². The predicted octanol–water partition coefficient (Wildman–Crippen LogP) is -3.84. The Bertz CT molecular complexity index is 242. The van der Waals surface area contributed by atoms with Crippen LogP contribution in [0.15, 0.2) is 0 Å². The Hall–Kier alpha value is -0.360. The fourth-order valence-corrected chi connectivity index (χ4v) is 3.25. The van der Waals surface area contributed by atoms with Crippen LogP contribution in [0.4, 0.5) is 0 Å². The lowest BCUT2D eigenvalue weighted by Crippen LogP contribution is -2.63. The molecule has 144 valence electrons. The summed E-state index contributed by atoms with van der Waals surface area (Å²) in [6, 6.07) is 0. The Kier molecular flexibility index (Phi) is 7.54. The van der Waals surface area contributed by atoms with E-state index in [1.165, 1.54) is 0 Å². The van der Waals surface area contributed by atoms with Crippen LogP contribution in [0.5, 0.6) is 0 Å². The average Bonchev–Trinajstić information content (AvgIpc) is 2.58. The van der Waals surface area contributed by atoms with Crippen LogP contribution < -0.4 is 0 Å². The molecule has 0 amide bonds.